The summed E-state index contributed by atoms with van der Waals surface area (Å²) in [6, 6.07) is 0. The van der Waals surface area contributed by atoms with E-state index in [1.54, 1.807) is 0 Å². The molecule has 2 unspecified atom stereocenters. The van der Waals surface area contributed by atoms with Crippen LogP contribution in [0.15, 0.2) is 44.7 Å². The Morgan fingerprint density at radius 1 is 0.407 bits per heavy atom. The lowest BCUT2D eigenvalue weighted by atomic mass is 10.2. The monoisotopic (exact) mass is 1060 g/mol. The minimum absolute atomic E-state index is 0.433. The van der Waals surface area contributed by atoms with E-state index in [0.717, 1.165) is 55.9 Å². The molecule has 13 heteroatoms. The normalized spacial score (nSPS) is 13.8. The minimum Gasteiger partial charge on any atom is -0.113 e. The molecule has 0 amide bonds. The number of thioether (sulfide) groups is 1. The van der Waals surface area contributed by atoms with Crippen LogP contribution in [-0.4, -0.2) is 0 Å². The van der Waals surface area contributed by atoms with Gasteiger partial charge in [-0.05, 0) is 159 Å². The average Bonchev–Trinajstić information content (AvgIpc) is 2.61. The van der Waals surface area contributed by atoms with Crippen molar-refractivity contribution in [2.45, 2.75) is 9.42 Å². The first kappa shape index (κ1) is 27.4. The van der Waals surface area contributed by atoms with Gasteiger partial charge in [-0.3, -0.25) is 0 Å². The van der Waals surface area contributed by atoms with E-state index in [-0.39, 0.29) is 0 Å². The van der Waals surface area contributed by atoms with Crippen molar-refractivity contribution in [3.63, 3.8) is 0 Å². The standard InChI is InChI=1S/C14H2Br10Cl2S/c15-3-1(4(16)8(20)11(23)7(3)19)13(25)27-14(26)2-5(17)9(21)12(24)10(22)6(2)18/h13-14H. The maximum atomic E-state index is 6.77. The van der Waals surface area contributed by atoms with Crippen LogP contribution in [-0.2, 0) is 0 Å². The molecule has 0 aliphatic carbocycles. The summed E-state index contributed by atoms with van der Waals surface area (Å²) in [5.41, 5.74) is 1.74. The Hall–Kier alpha value is 4.17. The first-order chi connectivity index (χ1) is 12.4. The SMILES string of the molecule is ClC(SC(Cl)c1c(Br)c(Br)c(Br)c(Br)c1Br)c1c(Br)c(Br)c(Br)c(Br)c1Br. The highest BCUT2D eigenvalue weighted by Crippen LogP contribution is 2.57. The largest absolute Gasteiger partial charge is 0.113 e. The van der Waals surface area contributed by atoms with Gasteiger partial charge in [-0.1, -0.05) is 0 Å². The lowest BCUT2D eigenvalue weighted by Gasteiger charge is -2.22. The van der Waals surface area contributed by atoms with Crippen LogP contribution in [0.4, 0.5) is 0 Å². The second-order valence-electron chi connectivity index (χ2n) is 4.74. The third kappa shape index (κ3) is 5.81. The van der Waals surface area contributed by atoms with Crippen molar-refractivity contribution >= 4 is 194 Å². The minimum atomic E-state index is -0.433. The topological polar surface area (TPSA) is 0 Å². The molecule has 2 atom stereocenters. The number of hydrogen-bond acceptors (Lipinski definition) is 1. The van der Waals surface area contributed by atoms with Crippen molar-refractivity contribution in [2.75, 3.05) is 0 Å². The predicted molar refractivity (Wildman–Crippen MR) is 155 cm³/mol. The molecule has 0 aliphatic rings. The van der Waals surface area contributed by atoms with Crippen molar-refractivity contribution in [3.8, 4) is 0 Å². The quantitative estimate of drug-likeness (QED) is 0.167. The Labute approximate surface area is 255 Å². The summed E-state index contributed by atoms with van der Waals surface area (Å²) in [5, 5.41) is 0. The number of halogens is 12. The summed E-state index contributed by atoms with van der Waals surface area (Å²) in [6.07, 6.45) is 0. The molecular formula is C14H2Br10Cl2S. The van der Waals surface area contributed by atoms with E-state index in [2.05, 4.69) is 159 Å². The zero-order valence-corrected chi connectivity index (χ0v) is 30.3. The van der Waals surface area contributed by atoms with E-state index in [9.17, 15) is 0 Å². The van der Waals surface area contributed by atoms with Gasteiger partial charge in [0.1, 0.15) is 9.42 Å². The molecule has 0 aliphatic heterocycles. The van der Waals surface area contributed by atoms with Crippen molar-refractivity contribution < 1.29 is 0 Å². The average molecular weight is 1070 g/mol. The molecule has 0 heterocycles. The zero-order chi connectivity index (χ0) is 20.8. The molecule has 2 rings (SSSR count). The van der Waals surface area contributed by atoms with Crippen LogP contribution in [0.1, 0.15) is 20.5 Å². The molecule has 2 aromatic carbocycles. The Balaban J connectivity index is 2.48. The Morgan fingerprint density at radius 3 is 0.815 bits per heavy atom. The van der Waals surface area contributed by atoms with E-state index < -0.39 is 9.42 Å². The summed E-state index contributed by atoms with van der Waals surface area (Å²) in [7, 11) is 0. The number of rotatable bonds is 4. The summed E-state index contributed by atoms with van der Waals surface area (Å²) in [5.74, 6) is 0. The molecule has 0 bridgehead atoms. The summed E-state index contributed by atoms with van der Waals surface area (Å²) in [4.78, 5) is 0. The fraction of sp³-hybridized carbons (Fsp3) is 0.143. The van der Waals surface area contributed by atoms with E-state index in [4.69, 9.17) is 23.2 Å². The number of hydrogen-bond donors (Lipinski definition) is 0. The Morgan fingerprint density at radius 2 is 0.593 bits per heavy atom. The van der Waals surface area contributed by atoms with Gasteiger partial charge >= 0.3 is 0 Å². The molecule has 0 saturated carbocycles. The molecule has 0 radical (unpaired) electrons. The predicted octanol–water partition coefficient (Wildman–Crippen LogP) is 13.2. The highest BCUT2D eigenvalue weighted by Gasteiger charge is 2.29. The van der Waals surface area contributed by atoms with Gasteiger partial charge < -0.3 is 0 Å². The van der Waals surface area contributed by atoms with E-state index in [1.165, 1.54) is 11.8 Å². The first-order valence-electron chi connectivity index (χ1n) is 6.38. The van der Waals surface area contributed by atoms with Crippen molar-refractivity contribution in [2.24, 2.45) is 0 Å². The van der Waals surface area contributed by atoms with Crippen LogP contribution in [0.25, 0.3) is 0 Å². The van der Waals surface area contributed by atoms with E-state index in [0.29, 0.717) is 0 Å². The molecule has 27 heavy (non-hydrogen) atoms. The van der Waals surface area contributed by atoms with E-state index >= 15 is 0 Å². The van der Waals surface area contributed by atoms with Crippen LogP contribution in [0, 0.1) is 0 Å². The molecule has 0 aromatic heterocycles. The molecule has 0 fully saturated rings. The van der Waals surface area contributed by atoms with Gasteiger partial charge in [-0.25, -0.2) is 0 Å². The maximum Gasteiger partial charge on any atom is 0.108 e. The highest BCUT2D eigenvalue weighted by atomic mass is 79.9. The van der Waals surface area contributed by atoms with Crippen molar-refractivity contribution in [3.05, 3.63) is 55.9 Å². The third-order valence-corrected chi connectivity index (χ3v) is 17.5. The highest BCUT2D eigenvalue weighted by molar-refractivity contribution is 9.16. The van der Waals surface area contributed by atoms with Gasteiger partial charge in [-0.2, -0.15) is 0 Å². The third-order valence-electron chi connectivity index (χ3n) is 3.18. The Bertz CT molecular complexity index is 788. The fourth-order valence-corrected chi connectivity index (χ4v) is 12.3. The van der Waals surface area contributed by atoms with Gasteiger partial charge in [0.25, 0.3) is 0 Å². The van der Waals surface area contributed by atoms with Gasteiger partial charge in [0, 0.05) is 55.9 Å². The smallest absolute Gasteiger partial charge is 0.108 e. The molecule has 148 valence electrons. The second-order valence-corrected chi connectivity index (χ2v) is 15.3. The van der Waals surface area contributed by atoms with Gasteiger partial charge in [-0.15, -0.1) is 35.0 Å². The lowest BCUT2D eigenvalue weighted by Crippen LogP contribution is -1.98. The van der Waals surface area contributed by atoms with Crippen molar-refractivity contribution in [1.29, 1.82) is 0 Å². The van der Waals surface area contributed by atoms with Crippen LogP contribution in [0.5, 0.6) is 0 Å². The van der Waals surface area contributed by atoms with Crippen LogP contribution in [0.3, 0.4) is 0 Å². The fourth-order valence-electron chi connectivity index (χ4n) is 1.88. The van der Waals surface area contributed by atoms with Gasteiger partial charge in [0.05, 0.1) is 0 Å². The molecular weight excluding hydrogens is 1070 g/mol. The maximum absolute atomic E-state index is 6.77. The van der Waals surface area contributed by atoms with Crippen LogP contribution in [0.2, 0.25) is 0 Å². The Kier molecular flexibility index (Phi) is 11.7. The zero-order valence-electron chi connectivity index (χ0n) is 12.1. The van der Waals surface area contributed by atoms with Gasteiger partial charge in [0.2, 0.25) is 0 Å². The van der Waals surface area contributed by atoms with Crippen LogP contribution >= 0.6 is 194 Å². The molecule has 0 saturated heterocycles. The molecule has 0 nitrogen and oxygen atoms in total. The number of benzene rings is 2. The van der Waals surface area contributed by atoms with Gasteiger partial charge in [0.15, 0.2) is 0 Å². The van der Waals surface area contributed by atoms with Crippen molar-refractivity contribution in [1.82, 2.24) is 0 Å². The molecule has 0 N–H and O–H groups in total. The van der Waals surface area contributed by atoms with E-state index in [1.807, 2.05) is 0 Å². The second kappa shape index (κ2) is 11.5. The molecule has 2 aromatic rings. The summed E-state index contributed by atoms with van der Waals surface area (Å²) < 4.78 is 7.73. The summed E-state index contributed by atoms with van der Waals surface area (Å²) >= 11 is 50.8. The first-order valence-corrected chi connectivity index (χ1v) is 16.1. The lowest BCUT2D eigenvalue weighted by molar-refractivity contribution is 1.22. The molecule has 0 spiro atoms. The summed E-state index contributed by atoms with van der Waals surface area (Å²) in [6.45, 7) is 0. The number of alkyl halides is 2. The van der Waals surface area contributed by atoms with Crippen LogP contribution < -0.4 is 0 Å².